The predicted molar refractivity (Wildman–Crippen MR) is 126 cm³/mol. The highest BCUT2D eigenvalue weighted by molar-refractivity contribution is 7.99. The molecule has 7 nitrogen and oxygen atoms in total. The summed E-state index contributed by atoms with van der Waals surface area (Å²) in [5, 5.41) is 4.18. The Hall–Kier alpha value is -3.23. The minimum atomic E-state index is -0.243. The summed E-state index contributed by atoms with van der Waals surface area (Å²) in [6.45, 7) is 2.57. The van der Waals surface area contributed by atoms with Crippen molar-refractivity contribution in [1.82, 2.24) is 9.55 Å². The van der Waals surface area contributed by atoms with Crippen LogP contribution in [-0.4, -0.2) is 27.8 Å². The number of halogens is 1. The van der Waals surface area contributed by atoms with E-state index >= 15 is 0 Å². The molecule has 1 N–H and O–H groups in total. The lowest BCUT2D eigenvalue weighted by Crippen LogP contribution is -2.24. The maximum atomic E-state index is 13.1. The Bertz CT molecular complexity index is 1300. The number of carbonyl (C=O) groups excluding carboxylic acids is 1. The zero-order chi connectivity index (χ0) is 22.5. The number of amides is 1. The van der Waals surface area contributed by atoms with Crippen LogP contribution in [0.3, 0.4) is 0 Å². The third kappa shape index (κ3) is 4.98. The molecule has 0 bridgehead atoms. The number of fused-ring (bicyclic) bond motifs is 1. The molecule has 0 aliphatic heterocycles. The number of carbonyl (C=O) groups is 1. The smallest absolute Gasteiger partial charge is 0.262 e. The van der Waals surface area contributed by atoms with Gasteiger partial charge in [0.1, 0.15) is 11.5 Å². The summed E-state index contributed by atoms with van der Waals surface area (Å²) in [4.78, 5) is 30.4. The van der Waals surface area contributed by atoms with Gasteiger partial charge in [-0.1, -0.05) is 35.5 Å². The summed E-state index contributed by atoms with van der Waals surface area (Å²) in [6.07, 6.45) is 1.55. The fraction of sp³-hybridized carbons (Fsp3) is 0.174. The molecule has 4 aromatic rings. The highest BCUT2D eigenvalue weighted by atomic mass is 35.5. The minimum Gasteiger partial charge on any atom is -0.492 e. The molecule has 9 heteroatoms. The van der Waals surface area contributed by atoms with Crippen molar-refractivity contribution in [3.63, 3.8) is 0 Å². The molecule has 0 spiro atoms. The molecular weight excluding hydrogens is 450 g/mol. The van der Waals surface area contributed by atoms with Gasteiger partial charge >= 0.3 is 0 Å². The zero-order valence-corrected chi connectivity index (χ0v) is 18.8. The van der Waals surface area contributed by atoms with Gasteiger partial charge in [0.05, 0.1) is 41.8 Å². The minimum absolute atomic E-state index is 0.0527. The number of hydrogen-bond donors (Lipinski definition) is 1. The van der Waals surface area contributed by atoms with Gasteiger partial charge in [0.25, 0.3) is 5.56 Å². The van der Waals surface area contributed by atoms with Crippen molar-refractivity contribution in [2.24, 2.45) is 0 Å². The highest BCUT2D eigenvalue weighted by Crippen LogP contribution is 2.25. The van der Waals surface area contributed by atoms with Gasteiger partial charge in [-0.3, -0.25) is 14.2 Å². The van der Waals surface area contributed by atoms with Crippen molar-refractivity contribution in [3.05, 3.63) is 82.0 Å². The fourth-order valence-electron chi connectivity index (χ4n) is 3.15. The van der Waals surface area contributed by atoms with E-state index in [1.165, 1.54) is 4.57 Å². The van der Waals surface area contributed by atoms with Gasteiger partial charge in [-0.25, -0.2) is 4.98 Å². The van der Waals surface area contributed by atoms with E-state index in [9.17, 15) is 9.59 Å². The maximum absolute atomic E-state index is 13.1. The number of aromatic nitrogens is 2. The first-order valence-electron chi connectivity index (χ1n) is 9.92. The fourth-order valence-corrected chi connectivity index (χ4v) is 4.11. The average Bonchev–Trinajstić information content (AvgIpc) is 3.29. The lowest BCUT2D eigenvalue weighted by molar-refractivity contribution is -0.113. The molecule has 2 aromatic heterocycles. The molecule has 32 heavy (non-hydrogen) atoms. The van der Waals surface area contributed by atoms with E-state index in [1.54, 1.807) is 48.7 Å². The molecule has 0 fully saturated rings. The number of furan rings is 1. The van der Waals surface area contributed by atoms with Crippen molar-refractivity contribution in [3.8, 4) is 5.75 Å². The standard InChI is InChI=1S/C23H20ClN3O4S/c1-2-30-20-8-4-3-7-18(20)25-21(28)14-32-23-26-19-12-15(24)9-10-17(19)22(29)27(23)13-16-6-5-11-31-16/h3-12H,2,13-14H2,1H3,(H,25,28). The first kappa shape index (κ1) is 22.0. The van der Waals surface area contributed by atoms with E-state index in [1.807, 2.05) is 19.1 Å². The van der Waals surface area contributed by atoms with Gasteiger partial charge in [0.2, 0.25) is 5.91 Å². The number of benzene rings is 2. The molecule has 0 atom stereocenters. The largest absolute Gasteiger partial charge is 0.492 e. The molecule has 0 saturated carbocycles. The molecule has 1 amide bonds. The van der Waals surface area contributed by atoms with Crippen molar-refractivity contribution < 1.29 is 13.9 Å². The van der Waals surface area contributed by atoms with Crippen LogP contribution in [0.1, 0.15) is 12.7 Å². The number of anilines is 1. The Morgan fingerprint density at radius 3 is 2.84 bits per heavy atom. The Morgan fingerprint density at radius 1 is 1.22 bits per heavy atom. The number of nitrogens with zero attached hydrogens (tertiary/aromatic N) is 2. The highest BCUT2D eigenvalue weighted by Gasteiger charge is 2.16. The monoisotopic (exact) mass is 469 g/mol. The molecule has 2 aromatic carbocycles. The summed E-state index contributed by atoms with van der Waals surface area (Å²) in [5.74, 6) is 1.02. The average molecular weight is 470 g/mol. The first-order valence-corrected chi connectivity index (χ1v) is 11.3. The van der Waals surface area contributed by atoms with E-state index in [2.05, 4.69) is 10.3 Å². The number of nitrogens with one attached hydrogen (secondary N) is 1. The third-order valence-corrected chi connectivity index (χ3v) is 5.78. The van der Waals surface area contributed by atoms with Gasteiger partial charge in [-0.15, -0.1) is 0 Å². The van der Waals surface area contributed by atoms with Crippen molar-refractivity contribution in [2.45, 2.75) is 18.6 Å². The molecule has 164 valence electrons. The van der Waals surface area contributed by atoms with Crippen LogP contribution in [-0.2, 0) is 11.3 Å². The second-order valence-electron chi connectivity index (χ2n) is 6.79. The van der Waals surface area contributed by atoms with E-state index < -0.39 is 0 Å². The number of rotatable bonds is 8. The second-order valence-corrected chi connectivity index (χ2v) is 8.17. The van der Waals surface area contributed by atoms with Crippen LogP contribution in [0.25, 0.3) is 10.9 Å². The summed E-state index contributed by atoms with van der Waals surface area (Å²) < 4.78 is 12.5. The van der Waals surface area contributed by atoms with Crippen LogP contribution in [0, 0.1) is 0 Å². The SMILES string of the molecule is CCOc1ccccc1NC(=O)CSc1nc2cc(Cl)ccc2c(=O)n1Cc1ccco1. The Balaban J connectivity index is 1.60. The van der Waals surface area contributed by atoms with Gasteiger partial charge < -0.3 is 14.5 Å². The van der Waals surface area contributed by atoms with Gasteiger partial charge in [-0.05, 0) is 49.4 Å². The Labute approximate surface area is 193 Å². The molecule has 4 rings (SSSR count). The van der Waals surface area contributed by atoms with E-state index in [-0.39, 0.29) is 23.8 Å². The second kappa shape index (κ2) is 9.93. The topological polar surface area (TPSA) is 86.4 Å². The Morgan fingerprint density at radius 2 is 2.06 bits per heavy atom. The lowest BCUT2D eigenvalue weighted by atomic mass is 10.2. The van der Waals surface area contributed by atoms with E-state index in [0.29, 0.717) is 44.9 Å². The van der Waals surface area contributed by atoms with Gasteiger partial charge in [0, 0.05) is 5.02 Å². The molecule has 0 aliphatic rings. The van der Waals surface area contributed by atoms with Gasteiger partial charge in [-0.2, -0.15) is 0 Å². The summed E-state index contributed by atoms with van der Waals surface area (Å²) in [5.41, 5.74) is 0.835. The van der Waals surface area contributed by atoms with E-state index in [4.69, 9.17) is 20.8 Å². The van der Waals surface area contributed by atoms with Crippen LogP contribution in [0.4, 0.5) is 5.69 Å². The summed E-state index contributed by atoms with van der Waals surface area (Å²) in [7, 11) is 0. The summed E-state index contributed by atoms with van der Waals surface area (Å²) >= 11 is 7.25. The van der Waals surface area contributed by atoms with E-state index in [0.717, 1.165) is 11.8 Å². The van der Waals surface area contributed by atoms with Gasteiger partial charge in [0.15, 0.2) is 5.16 Å². The maximum Gasteiger partial charge on any atom is 0.262 e. The number of para-hydroxylation sites is 2. The predicted octanol–water partition coefficient (Wildman–Crippen LogP) is 4.82. The summed E-state index contributed by atoms with van der Waals surface area (Å²) in [6, 6.07) is 15.7. The molecule has 0 radical (unpaired) electrons. The van der Waals surface area contributed by atoms with Crippen molar-refractivity contribution >= 4 is 45.9 Å². The van der Waals surface area contributed by atoms with Crippen molar-refractivity contribution in [2.75, 3.05) is 17.7 Å². The number of hydrogen-bond acceptors (Lipinski definition) is 6. The molecule has 0 aliphatic carbocycles. The quantitative estimate of drug-likeness (QED) is 0.294. The van der Waals surface area contributed by atoms with Crippen LogP contribution in [0.2, 0.25) is 5.02 Å². The number of thioether (sulfide) groups is 1. The van der Waals surface area contributed by atoms with Crippen LogP contribution >= 0.6 is 23.4 Å². The van der Waals surface area contributed by atoms with Crippen LogP contribution < -0.4 is 15.6 Å². The zero-order valence-electron chi connectivity index (χ0n) is 17.2. The van der Waals surface area contributed by atoms with Crippen LogP contribution in [0.5, 0.6) is 5.75 Å². The molecule has 0 unspecified atom stereocenters. The molecule has 2 heterocycles. The lowest BCUT2D eigenvalue weighted by Gasteiger charge is -2.13. The van der Waals surface area contributed by atoms with Crippen LogP contribution in [0.15, 0.2) is 75.2 Å². The number of ether oxygens (including phenoxy) is 1. The normalized spacial score (nSPS) is 10.9. The molecule has 0 saturated heterocycles. The third-order valence-electron chi connectivity index (χ3n) is 4.57. The first-order chi connectivity index (χ1) is 15.5. The molecular formula is C23H20ClN3O4S. The van der Waals surface area contributed by atoms with Crippen molar-refractivity contribution in [1.29, 1.82) is 0 Å². The Kier molecular flexibility index (Phi) is 6.82.